The third-order valence-corrected chi connectivity index (χ3v) is 5.43. The number of halogens is 1. The molecule has 0 aliphatic carbocycles. The number of nitriles is 1. The molecule has 4 heteroatoms. The first-order valence-corrected chi connectivity index (χ1v) is 9.83. The molecule has 0 radical (unpaired) electrons. The first kappa shape index (κ1) is 19.4. The topological polar surface area (TPSA) is 45.9 Å². The molecular weight excluding hydrogens is 400 g/mol. The lowest BCUT2D eigenvalue weighted by Gasteiger charge is -2.23. The van der Waals surface area contributed by atoms with Gasteiger partial charge in [0, 0.05) is 15.4 Å². The molecule has 0 aliphatic heterocycles. The molecule has 0 saturated heterocycles. The number of hydrogen-bond donors (Lipinski definition) is 0. The van der Waals surface area contributed by atoms with Crippen molar-refractivity contribution in [2.75, 3.05) is 7.11 Å². The molecule has 0 N–H and O–H groups in total. The monoisotopic (exact) mass is 422 g/mol. The lowest BCUT2D eigenvalue weighted by Crippen LogP contribution is -2.23. The largest absolute Gasteiger partial charge is 0.481 e. The van der Waals surface area contributed by atoms with Crippen LogP contribution in [0.4, 0.5) is 0 Å². The van der Waals surface area contributed by atoms with Crippen LogP contribution >= 0.6 is 15.9 Å². The van der Waals surface area contributed by atoms with Gasteiger partial charge in [-0.05, 0) is 67.6 Å². The molecule has 2 aromatic carbocycles. The zero-order valence-corrected chi connectivity index (χ0v) is 17.7. The highest BCUT2D eigenvalue weighted by Crippen LogP contribution is 2.32. The lowest BCUT2D eigenvalue weighted by atomic mass is 9.78. The van der Waals surface area contributed by atoms with E-state index in [1.807, 2.05) is 19.1 Å². The first-order valence-electron chi connectivity index (χ1n) is 9.04. The average molecular weight is 423 g/mol. The molecule has 0 fully saturated rings. The van der Waals surface area contributed by atoms with Crippen molar-refractivity contribution in [2.24, 2.45) is 0 Å². The quantitative estimate of drug-likeness (QED) is 0.513. The Kier molecular flexibility index (Phi) is 5.53. The zero-order chi connectivity index (χ0) is 19.6. The Morgan fingerprint density at radius 3 is 2.59 bits per heavy atom. The van der Waals surface area contributed by atoms with Crippen molar-refractivity contribution in [1.29, 1.82) is 5.26 Å². The Bertz CT molecular complexity index is 1020. The molecular formula is C23H23BrN2O. The van der Waals surface area contributed by atoms with Gasteiger partial charge in [-0.25, -0.2) is 4.98 Å². The van der Waals surface area contributed by atoms with E-state index in [1.165, 1.54) is 5.56 Å². The van der Waals surface area contributed by atoms with E-state index >= 15 is 0 Å². The number of hydrogen-bond acceptors (Lipinski definition) is 3. The number of fused-ring (bicyclic) bond motifs is 1. The standard InChI is InChI=1S/C23H23BrN2O/c1-5-17-11-18-6-7-19(12-21(18)26-22(17)27-4)23(3,14-25)13-16-8-15(2)9-20(24)10-16/h6-12H,5,13H2,1-4H3. The van der Waals surface area contributed by atoms with Gasteiger partial charge in [-0.3, -0.25) is 0 Å². The number of rotatable bonds is 5. The van der Waals surface area contributed by atoms with Crippen molar-refractivity contribution < 1.29 is 4.74 Å². The second kappa shape index (κ2) is 7.70. The van der Waals surface area contributed by atoms with Crippen LogP contribution in [0.25, 0.3) is 10.9 Å². The summed E-state index contributed by atoms with van der Waals surface area (Å²) >= 11 is 3.55. The van der Waals surface area contributed by atoms with E-state index in [0.717, 1.165) is 38.5 Å². The van der Waals surface area contributed by atoms with Crippen molar-refractivity contribution in [1.82, 2.24) is 4.98 Å². The summed E-state index contributed by atoms with van der Waals surface area (Å²) in [5, 5.41) is 11.1. The minimum atomic E-state index is -0.639. The van der Waals surface area contributed by atoms with Crippen LogP contribution in [0.15, 0.2) is 46.9 Å². The highest BCUT2D eigenvalue weighted by Gasteiger charge is 2.27. The summed E-state index contributed by atoms with van der Waals surface area (Å²) in [6.07, 6.45) is 1.51. The van der Waals surface area contributed by atoms with Gasteiger partial charge in [0.25, 0.3) is 0 Å². The van der Waals surface area contributed by atoms with Gasteiger partial charge in [-0.15, -0.1) is 0 Å². The maximum Gasteiger partial charge on any atom is 0.216 e. The minimum absolute atomic E-state index is 0.638. The first-order chi connectivity index (χ1) is 12.9. The van der Waals surface area contributed by atoms with Crippen molar-refractivity contribution >= 4 is 26.8 Å². The normalized spacial score (nSPS) is 13.2. The molecule has 3 aromatic rings. The number of aromatic nitrogens is 1. The molecule has 1 heterocycles. The van der Waals surface area contributed by atoms with Crippen LogP contribution in [0.2, 0.25) is 0 Å². The molecule has 0 saturated carbocycles. The molecule has 3 nitrogen and oxygen atoms in total. The summed E-state index contributed by atoms with van der Waals surface area (Å²) in [4.78, 5) is 4.67. The SMILES string of the molecule is CCc1cc2ccc(C(C)(C#N)Cc3cc(C)cc(Br)c3)cc2nc1OC. The second-order valence-corrected chi connectivity index (χ2v) is 8.09. The summed E-state index contributed by atoms with van der Waals surface area (Å²) in [5.41, 5.74) is 4.59. The Balaban J connectivity index is 2.06. The van der Waals surface area contributed by atoms with Gasteiger partial charge in [0.05, 0.1) is 24.1 Å². The van der Waals surface area contributed by atoms with Gasteiger partial charge in [0.2, 0.25) is 5.88 Å². The zero-order valence-electron chi connectivity index (χ0n) is 16.1. The van der Waals surface area contributed by atoms with Gasteiger partial charge in [-0.2, -0.15) is 5.26 Å². The Hall–Kier alpha value is -2.38. The number of benzene rings is 2. The average Bonchev–Trinajstić information content (AvgIpc) is 2.65. The maximum atomic E-state index is 9.99. The van der Waals surface area contributed by atoms with E-state index in [2.05, 4.69) is 71.2 Å². The van der Waals surface area contributed by atoms with Gasteiger partial charge >= 0.3 is 0 Å². The van der Waals surface area contributed by atoms with Crippen LogP contribution in [0.3, 0.4) is 0 Å². The smallest absolute Gasteiger partial charge is 0.216 e. The fraction of sp³-hybridized carbons (Fsp3) is 0.304. The van der Waals surface area contributed by atoms with E-state index in [1.54, 1.807) is 7.11 Å². The van der Waals surface area contributed by atoms with Crippen LogP contribution in [0.1, 0.15) is 36.1 Å². The fourth-order valence-electron chi connectivity index (χ4n) is 3.49. The van der Waals surface area contributed by atoms with E-state index in [-0.39, 0.29) is 0 Å². The molecule has 0 spiro atoms. The molecule has 3 rings (SSSR count). The van der Waals surface area contributed by atoms with Crippen molar-refractivity contribution in [2.45, 2.75) is 39.0 Å². The number of nitrogens with zero attached hydrogens (tertiary/aromatic N) is 2. The minimum Gasteiger partial charge on any atom is -0.481 e. The van der Waals surface area contributed by atoms with E-state index < -0.39 is 5.41 Å². The molecule has 0 aliphatic rings. The number of ether oxygens (including phenoxy) is 1. The highest BCUT2D eigenvalue weighted by molar-refractivity contribution is 9.10. The number of pyridine rings is 1. The second-order valence-electron chi connectivity index (χ2n) is 7.18. The fourth-order valence-corrected chi connectivity index (χ4v) is 4.15. The van der Waals surface area contributed by atoms with Crippen molar-refractivity contribution in [3.63, 3.8) is 0 Å². The van der Waals surface area contributed by atoms with Crippen LogP contribution < -0.4 is 4.74 Å². The van der Waals surface area contributed by atoms with Crippen molar-refractivity contribution in [3.8, 4) is 11.9 Å². The van der Waals surface area contributed by atoms with E-state index in [9.17, 15) is 5.26 Å². The van der Waals surface area contributed by atoms with Crippen LogP contribution in [-0.2, 0) is 18.3 Å². The van der Waals surface area contributed by atoms with Gasteiger partial charge in [0.15, 0.2) is 0 Å². The Labute approximate surface area is 169 Å². The van der Waals surface area contributed by atoms with Crippen molar-refractivity contribution in [3.05, 3.63) is 69.2 Å². The summed E-state index contributed by atoms with van der Waals surface area (Å²) in [6.45, 7) is 6.14. The lowest BCUT2D eigenvalue weighted by molar-refractivity contribution is 0.395. The van der Waals surface area contributed by atoms with E-state index in [4.69, 9.17) is 4.74 Å². The molecule has 1 aromatic heterocycles. The predicted molar refractivity (Wildman–Crippen MR) is 113 cm³/mol. The Morgan fingerprint density at radius 1 is 1.19 bits per heavy atom. The van der Waals surface area contributed by atoms with Gasteiger partial charge in [0.1, 0.15) is 0 Å². The van der Waals surface area contributed by atoms with Crippen LogP contribution in [0, 0.1) is 18.3 Å². The maximum absolute atomic E-state index is 9.99. The summed E-state index contributed by atoms with van der Waals surface area (Å²) in [6, 6.07) is 17.1. The van der Waals surface area contributed by atoms with E-state index in [0.29, 0.717) is 12.3 Å². The highest BCUT2D eigenvalue weighted by atomic mass is 79.9. The van der Waals surface area contributed by atoms with Gasteiger partial charge < -0.3 is 4.74 Å². The molecule has 0 amide bonds. The Morgan fingerprint density at radius 2 is 1.96 bits per heavy atom. The number of methoxy groups -OCH3 is 1. The van der Waals surface area contributed by atoms with Crippen LogP contribution in [-0.4, -0.2) is 12.1 Å². The molecule has 1 atom stereocenters. The third kappa shape index (κ3) is 3.99. The third-order valence-electron chi connectivity index (χ3n) is 4.97. The molecule has 27 heavy (non-hydrogen) atoms. The summed E-state index contributed by atoms with van der Waals surface area (Å²) < 4.78 is 6.47. The summed E-state index contributed by atoms with van der Waals surface area (Å²) in [5.74, 6) is 0.656. The summed E-state index contributed by atoms with van der Waals surface area (Å²) in [7, 11) is 1.65. The predicted octanol–water partition coefficient (Wildman–Crippen LogP) is 5.90. The molecule has 1 unspecified atom stereocenters. The van der Waals surface area contributed by atoms with Crippen LogP contribution in [0.5, 0.6) is 5.88 Å². The number of aryl methyl sites for hydroxylation is 2. The molecule has 0 bridgehead atoms. The van der Waals surface area contributed by atoms with Gasteiger partial charge in [-0.1, -0.05) is 41.1 Å². The molecule has 138 valence electrons.